The van der Waals surface area contributed by atoms with Crippen LogP contribution >= 0.6 is 0 Å². The highest BCUT2D eigenvalue weighted by atomic mass is 32.2. The maximum atomic E-state index is 13.6. The van der Waals surface area contributed by atoms with Crippen molar-refractivity contribution < 1.29 is 18.3 Å². The number of nitriles is 1. The highest BCUT2D eigenvalue weighted by Crippen LogP contribution is 2.43. The van der Waals surface area contributed by atoms with E-state index in [1.165, 1.54) is 0 Å². The van der Waals surface area contributed by atoms with Crippen LogP contribution in [0.2, 0.25) is 0 Å². The number of hydrogen-bond acceptors (Lipinski definition) is 7. The van der Waals surface area contributed by atoms with E-state index in [1.54, 1.807) is 13.8 Å². The van der Waals surface area contributed by atoms with Crippen LogP contribution in [0.3, 0.4) is 0 Å². The third-order valence-corrected chi connectivity index (χ3v) is 10.8. The molecule has 2 aliphatic carbocycles. The van der Waals surface area contributed by atoms with Gasteiger partial charge in [0.1, 0.15) is 5.54 Å². The standard InChI is InChI=1S/C33H39N5O4S/c1-32(2,40)24-6-5-7-26(20-24)38-21-29(23-10-12-25(13-11-23)37-16-18-43(41,42)19-17-37)30(36-38)27-8-3-4-9-28(27)31(39)35-33(22-34)14-15-33/h5-7,10-13,20-21,27-28,40H,3-4,8-9,14-19H2,1-2H3,(H,35,39). The van der Waals surface area contributed by atoms with E-state index < -0.39 is 21.0 Å². The molecule has 2 N–H and O–H groups in total. The van der Waals surface area contributed by atoms with Crippen molar-refractivity contribution in [3.63, 3.8) is 0 Å². The van der Waals surface area contributed by atoms with Crippen LogP contribution in [0.4, 0.5) is 5.69 Å². The number of amides is 1. The lowest BCUT2D eigenvalue weighted by atomic mass is 9.75. The molecule has 1 saturated heterocycles. The Kier molecular flexibility index (Phi) is 7.59. The van der Waals surface area contributed by atoms with Gasteiger partial charge in [0.05, 0.1) is 34.6 Å². The summed E-state index contributed by atoms with van der Waals surface area (Å²) < 4.78 is 25.7. The Labute approximate surface area is 253 Å². The molecule has 0 spiro atoms. The molecule has 3 aliphatic rings. The summed E-state index contributed by atoms with van der Waals surface area (Å²) in [6, 6.07) is 18.1. The lowest BCUT2D eigenvalue weighted by Crippen LogP contribution is -2.42. The summed E-state index contributed by atoms with van der Waals surface area (Å²) in [5, 5.41) is 28.4. The molecule has 1 aliphatic heterocycles. The Bertz CT molecular complexity index is 1650. The summed E-state index contributed by atoms with van der Waals surface area (Å²) in [4.78, 5) is 15.7. The van der Waals surface area contributed by atoms with Crippen LogP contribution in [0.25, 0.3) is 16.8 Å². The van der Waals surface area contributed by atoms with Crippen LogP contribution in [-0.4, -0.2) is 59.3 Å². The van der Waals surface area contributed by atoms with Gasteiger partial charge in [-0.2, -0.15) is 10.4 Å². The van der Waals surface area contributed by atoms with Crippen LogP contribution in [-0.2, 0) is 20.2 Å². The first-order valence-electron chi connectivity index (χ1n) is 15.2. The van der Waals surface area contributed by atoms with Gasteiger partial charge < -0.3 is 15.3 Å². The summed E-state index contributed by atoms with van der Waals surface area (Å²) in [5.74, 6) is -0.132. The van der Waals surface area contributed by atoms with Crippen molar-refractivity contribution in [3.05, 3.63) is 66.0 Å². The number of hydrogen-bond donors (Lipinski definition) is 2. The van der Waals surface area contributed by atoms with E-state index in [-0.39, 0.29) is 29.2 Å². The number of sulfone groups is 1. The molecular weight excluding hydrogens is 562 g/mol. The maximum absolute atomic E-state index is 13.6. The molecule has 2 heterocycles. The summed E-state index contributed by atoms with van der Waals surface area (Å²) in [7, 11) is -2.97. The molecule has 6 rings (SSSR count). The number of carbonyl (C=O) groups excluding carboxylic acids is 1. The highest BCUT2D eigenvalue weighted by molar-refractivity contribution is 7.91. The predicted octanol–water partition coefficient (Wildman–Crippen LogP) is 4.45. The number of aliphatic hydroxyl groups is 1. The minimum Gasteiger partial charge on any atom is -0.386 e. The third-order valence-electron chi connectivity index (χ3n) is 9.23. The minimum absolute atomic E-state index is 0.0660. The molecule has 0 bridgehead atoms. The van der Waals surface area contributed by atoms with Crippen molar-refractivity contribution in [1.82, 2.24) is 15.1 Å². The highest BCUT2D eigenvalue weighted by Gasteiger charge is 2.47. The number of rotatable bonds is 7. The summed E-state index contributed by atoms with van der Waals surface area (Å²) in [6.07, 6.45) is 6.91. The fourth-order valence-corrected chi connectivity index (χ4v) is 7.56. The monoisotopic (exact) mass is 601 g/mol. The first-order chi connectivity index (χ1) is 20.5. The Morgan fingerprint density at radius 2 is 1.77 bits per heavy atom. The summed E-state index contributed by atoms with van der Waals surface area (Å²) >= 11 is 0. The molecule has 2 atom stereocenters. The van der Waals surface area contributed by atoms with Gasteiger partial charge in [-0.25, -0.2) is 13.1 Å². The van der Waals surface area contributed by atoms with Gasteiger partial charge in [0.25, 0.3) is 0 Å². The average Bonchev–Trinajstić information content (AvgIpc) is 3.63. The van der Waals surface area contributed by atoms with E-state index in [1.807, 2.05) is 59.4 Å². The molecule has 3 fully saturated rings. The van der Waals surface area contributed by atoms with Crippen LogP contribution in [0.5, 0.6) is 0 Å². The lowest BCUT2D eigenvalue weighted by Gasteiger charge is -2.31. The van der Waals surface area contributed by atoms with Crippen LogP contribution in [0, 0.1) is 17.2 Å². The molecule has 3 aromatic rings. The van der Waals surface area contributed by atoms with Gasteiger partial charge in [-0.15, -0.1) is 0 Å². The number of nitrogens with one attached hydrogen (secondary N) is 1. The van der Waals surface area contributed by atoms with Crippen LogP contribution in [0.1, 0.15) is 69.5 Å². The van der Waals surface area contributed by atoms with Gasteiger partial charge in [-0.05, 0) is 74.9 Å². The maximum Gasteiger partial charge on any atom is 0.225 e. The smallest absolute Gasteiger partial charge is 0.225 e. The molecule has 2 saturated carbocycles. The lowest BCUT2D eigenvalue weighted by molar-refractivity contribution is -0.127. The molecule has 226 valence electrons. The van der Waals surface area contributed by atoms with Gasteiger partial charge in [0.15, 0.2) is 9.84 Å². The van der Waals surface area contributed by atoms with Gasteiger partial charge in [0, 0.05) is 42.4 Å². The molecular formula is C33H39N5O4S. The number of anilines is 1. The van der Waals surface area contributed by atoms with Crippen LogP contribution in [0.15, 0.2) is 54.7 Å². The van der Waals surface area contributed by atoms with E-state index in [4.69, 9.17) is 5.10 Å². The van der Waals surface area contributed by atoms with Crippen molar-refractivity contribution in [3.8, 4) is 22.9 Å². The van der Waals surface area contributed by atoms with Gasteiger partial charge in [0.2, 0.25) is 5.91 Å². The topological polar surface area (TPSA) is 128 Å². The fourth-order valence-electron chi connectivity index (χ4n) is 6.36. The third kappa shape index (κ3) is 6.20. The molecule has 1 amide bonds. The molecule has 0 radical (unpaired) electrons. The van der Waals surface area contributed by atoms with Crippen molar-refractivity contribution in [2.45, 2.75) is 69.4 Å². The van der Waals surface area contributed by atoms with Crippen molar-refractivity contribution in [2.75, 3.05) is 29.5 Å². The van der Waals surface area contributed by atoms with E-state index in [2.05, 4.69) is 16.3 Å². The van der Waals surface area contributed by atoms with Gasteiger partial charge >= 0.3 is 0 Å². The number of nitrogens with zero attached hydrogens (tertiary/aromatic N) is 4. The fraction of sp³-hybridized carbons (Fsp3) is 0.485. The Balaban J connectivity index is 1.37. The quantitative estimate of drug-likeness (QED) is 0.410. The first-order valence-corrected chi connectivity index (χ1v) is 17.0. The van der Waals surface area contributed by atoms with Crippen molar-refractivity contribution in [1.29, 1.82) is 5.26 Å². The zero-order valence-electron chi connectivity index (χ0n) is 24.8. The Morgan fingerprint density at radius 1 is 1.07 bits per heavy atom. The van der Waals surface area contributed by atoms with Crippen LogP contribution < -0.4 is 10.2 Å². The number of benzene rings is 2. The second-order valence-electron chi connectivity index (χ2n) is 12.8. The SMILES string of the molecule is CC(C)(O)c1cccc(-n2cc(-c3ccc(N4CCS(=O)(=O)CC4)cc3)c(C3CCCCC3C(=O)NC3(C#N)CC3)n2)c1. The Hall–Kier alpha value is -3.68. The van der Waals surface area contributed by atoms with Crippen molar-refractivity contribution >= 4 is 21.4 Å². The average molecular weight is 602 g/mol. The van der Waals surface area contributed by atoms with Crippen molar-refractivity contribution in [2.24, 2.45) is 5.92 Å². The number of aromatic nitrogens is 2. The molecule has 43 heavy (non-hydrogen) atoms. The second-order valence-corrected chi connectivity index (χ2v) is 15.2. The van der Waals surface area contributed by atoms with E-state index in [0.29, 0.717) is 25.9 Å². The zero-order chi connectivity index (χ0) is 30.4. The molecule has 2 unspecified atom stereocenters. The Morgan fingerprint density at radius 3 is 2.42 bits per heavy atom. The molecule has 2 aromatic carbocycles. The van der Waals surface area contributed by atoms with E-state index >= 15 is 0 Å². The molecule has 9 nitrogen and oxygen atoms in total. The predicted molar refractivity (Wildman–Crippen MR) is 166 cm³/mol. The number of carbonyl (C=O) groups is 1. The minimum atomic E-state index is -2.97. The molecule has 10 heteroatoms. The normalized spacial score (nSPS) is 22.9. The summed E-state index contributed by atoms with van der Waals surface area (Å²) in [5.41, 5.74) is 3.60. The van der Waals surface area contributed by atoms with Gasteiger partial charge in [-0.1, -0.05) is 37.1 Å². The first kappa shape index (κ1) is 29.4. The van der Waals surface area contributed by atoms with E-state index in [0.717, 1.165) is 59.4 Å². The molecule has 1 aromatic heterocycles. The second kappa shape index (κ2) is 11.1. The van der Waals surface area contributed by atoms with Gasteiger partial charge in [-0.3, -0.25) is 4.79 Å². The van der Waals surface area contributed by atoms with E-state index in [9.17, 15) is 23.6 Å². The largest absolute Gasteiger partial charge is 0.386 e. The zero-order valence-corrected chi connectivity index (χ0v) is 25.6. The summed E-state index contributed by atoms with van der Waals surface area (Å²) in [6.45, 7) is 4.46.